The maximum absolute atomic E-state index is 11.8. The Labute approximate surface area is 98.2 Å². The number of hydrogen-bond acceptors (Lipinski definition) is 2. The molecule has 0 aromatic heterocycles. The molecular weight excluding hydrogens is 200 g/mol. The fourth-order valence-corrected chi connectivity index (χ4v) is 3.08. The van der Waals surface area contributed by atoms with Crippen molar-refractivity contribution in [1.82, 2.24) is 5.32 Å². The molecule has 92 valence electrons. The Balaban J connectivity index is 1.72. The monoisotopic (exact) mass is 224 g/mol. The number of carbonyl (C=O) groups excluding carboxylic acids is 1. The number of nitrogens with two attached hydrogens (primary N) is 1. The third-order valence-electron chi connectivity index (χ3n) is 4.11. The molecule has 1 amide bonds. The molecule has 2 fully saturated rings. The van der Waals surface area contributed by atoms with Crippen LogP contribution in [0.1, 0.15) is 57.8 Å². The van der Waals surface area contributed by atoms with Crippen LogP contribution in [-0.4, -0.2) is 18.0 Å². The van der Waals surface area contributed by atoms with Crippen molar-refractivity contribution in [3.63, 3.8) is 0 Å². The zero-order valence-electron chi connectivity index (χ0n) is 10.1. The number of carbonyl (C=O) groups is 1. The standard InChI is InChI=1S/C13H24N2O/c14-11-7-3-4-8-12(11)15-13(16)9-10-5-1-2-6-10/h10-12H,1-9,14H2,(H,15,16). The van der Waals surface area contributed by atoms with Gasteiger partial charge in [0.05, 0.1) is 0 Å². The fourth-order valence-electron chi connectivity index (χ4n) is 3.08. The van der Waals surface area contributed by atoms with Gasteiger partial charge < -0.3 is 11.1 Å². The maximum atomic E-state index is 11.8. The van der Waals surface area contributed by atoms with Crippen molar-refractivity contribution in [2.45, 2.75) is 69.9 Å². The van der Waals surface area contributed by atoms with E-state index < -0.39 is 0 Å². The van der Waals surface area contributed by atoms with Gasteiger partial charge >= 0.3 is 0 Å². The van der Waals surface area contributed by atoms with Gasteiger partial charge in [-0.2, -0.15) is 0 Å². The lowest BCUT2D eigenvalue weighted by molar-refractivity contribution is -0.123. The van der Waals surface area contributed by atoms with Crippen molar-refractivity contribution in [2.75, 3.05) is 0 Å². The first-order valence-electron chi connectivity index (χ1n) is 6.80. The van der Waals surface area contributed by atoms with Crippen molar-refractivity contribution in [3.8, 4) is 0 Å². The molecule has 0 aromatic rings. The Kier molecular flexibility index (Phi) is 4.22. The summed E-state index contributed by atoms with van der Waals surface area (Å²) in [6.45, 7) is 0. The molecule has 0 bridgehead atoms. The van der Waals surface area contributed by atoms with Gasteiger partial charge in [0.25, 0.3) is 0 Å². The lowest BCUT2D eigenvalue weighted by Gasteiger charge is -2.29. The van der Waals surface area contributed by atoms with Gasteiger partial charge in [-0.15, -0.1) is 0 Å². The first-order chi connectivity index (χ1) is 7.75. The van der Waals surface area contributed by atoms with Crippen molar-refractivity contribution in [3.05, 3.63) is 0 Å². The Bertz CT molecular complexity index is 236. The number of amides is 1. The molecule has 2 saturated carbocycles. The van der Waals surface area contributed by atoms with Crippen LogP contribution in [0.2, 0.25) is 0 Å². The van der Waals surface area contributed by atoms with Gasteiger partial charge in [-0.1, -0.05) is 25.7 Å². The second kappa shape index (κ2) is 5.67. The van der Waals surface area contributed by atoms with Crippen LogP contribution >= 0.6 is 0 Å². The van der Waals surface area contributed by atoms with Gasteiger partial charge in [0.1, 0.15) is 0 Å². The summed E-state index contributed by atoms with van der Waals surface area (Å²) in [5.41, 5.74) is 6.02. The minimum absolute atomic E-state index is 0.182. The minimum atomic E-state index is 0.182. The first kappa shape index (κ1) is 11.9. The van der Waals surface area contributed by atoms with Crippen molar-refractivity contribution in [2.24, 2.45) is 11.7 Å². The van der Waals surface area contributed by atoms with Gasteiger partial charge in [-0.3, -0.25) is 4.79 Å². The molecule has 0 radical (unpaired) electrons. The zero-order chi connectivity index (χ0) is 11.4. The quantitative estimate of drug-likeness (QED) is 0.770. The van der Waals surface area contributed by atoms with E-state index in [2.05, 4.69) is 5.32 Å². The van der Waals surface area contributed by atoms with Crippen molar-refractivity contribution >= 4 is 5.91 Å². The predicted molar refractivity (Wildman–Crippen MR) is 64.9 cm³/mol. The van der Waals surface area contributed by atoms with E-state index in [9.17, 15) is 4.79 Å². The smallest absolute Gasteiger partial charge is 0.220 e. The number of rotatable bonds is 3. The summed E-state index contributed by atoms with van der Waals surface area (Å²) in [7, 11) is 0. The summed E-state index contributed by atoms with van der Waals surface area (Å²) in [5.74, 6) is 0.870. The summed E-state index contributed by atoms with van der Waals surface area (Å²) in [4.78, 5) is 11.8. The Morgan fingerprint density at radius 2 is 1.69 bits per heavy atom. The van der Waals surface area contributed by atoms with E-state index in [1.54, 1.807) is 0 Å². The van der Waals surface area contributed by atoms with Gasteiger partial charge in [0, 0.05) is 18.5 Å². The highest BCUT2D eigenvalue weighted by Gasteiger charge is 2.25. The second-order valence-corrected chi connectivity index (χ2v) is 5.48. The van der Waals surface area contributed by atoms with Crippen LogP contribution in [0, 0.1) is 5.92 Å². The molecule has 2 aliphatic carbocycles. The molecule has 0 spiro atoms. The lowest BCUT2D eigenvalue weighted by atomic mass is 9.90. The summed E-state index contributed by atoms with van der Waals surface area (Å²) >= 11 is 0. The van der Waals surface area contributed by atoms with Crippen LogP contribution in [0.3, 0.4) is 0 Å². The fraction of sp³-hybridized carbons (Fsp3) is 0.923. The van der Waals surface area contributed by atoms with E-state index in [1.807, 2.05) is 0 Å². The highest BCUT2D eigenvalue weighted by molar-refractivity contribution is 5.76. The Hall–Kier alpha value is -0.570. The van der Waals surface area contributed by atoms with E-state index in [4.69, 9.17) is 5.73 Å². The third kappa shape index (κ3) is 3.21. The molecule has 3 N–H and O–H groups in total. The first-order valence-corrected chi connectivity index (χ1v) is 6.80. The predicted octanol–water partition coefficient (Wildman–Crippen LogP) is 1.95. The van der Waals surface area contributed by atoms with Crippen LogP contribution in [0.4, 0.5) is 0 Å². The Morgan fingerprint density at radius 3 is 2.38 bits per heavy atom. The van der Waals surface area contributed by atoms with Gasteiger partial charge in [0.2, 0.25) is 5.91 Å². The molecule has 0 heterocycles. The summed E-state index contributed by atoms with van der Waals surface area (Å²) < 4.78 is 0. The van der Waals surface area contributed by atoms with E-state index in [1.165, 1.54) is 38.5 Å². The maximum Gasteiger partial charge on any atom is 0.220 e. The largest absolute Gasteiger partial charge is 0.352 e. The summed E-state index contributed by atoms with van der Waals surface area (Å²) in [6, 6.07) is 0.420. The van der Waals surface area contributed by atoms with E-state index >= 15 is 0 Å². The van der Waals surface area contributed by atoms with Crippen LogP contribution in [-0.2, 0) is 4.79 Å². The lowest BCUT2D eigenvalue weighted by Crippen LogP contribution is -2.49. The third-order valence-corrected chi connectivity index (χ3v) is 4.11. The molecule has 0 saturated heterocycles. The molecule has 0 aliphatic heterocycles. The number of nitrogens with one attached hydrogen (secondary N) is 1. The minimum Gasteiger partial charge on any atom is -0.352 e. The SMILES string of the molecule is NC1CCCCC1NC(=O)CC1CCCC1. The molecule has 2 rings (SSSR count). The molecule has 2 aliphatic rings. The van der Waals surface area contributed by atoms with Gasteiger partial charge in [-0.05, 0) is 31.6 Å². The Morgan fingerprint density at radius 1 is 1.06 bits per heavy atom. The zero-order valence-corrected chi connectivity index (χ0v) is 10.1. The average molecular weight is 224 g/mol. The van der Waals surface area contributed by atoms with Crippen LogP contribution in [0.15, 0.2) is 0 Å². The highest BCUT2D eigenvalue weighted by Crippen LogP contribution is 2.27. The second-order valence-electron chi connectivity index (χ2n) is 5.48. The molecule has 2 atom stereocenters. The van der Waals surface area contributed by atoms with E-state index in [0.717, 1.165) is 19.3 Å². The highest BCUT2D eigenvalue weighted by atomic mass is 16.1. The van der Waals surface area contributed by atoms with Crippen LogP contribution in [0.5, 0.6) is 0 Å². The van der Waals surface area contributed by atoms with E-state index in [-0.39, 0.29) is 18.0 Å². The van der Waals surface area contributed by atoms with Crippen molar-refractivity contribution in [1.29, 1.82) is 0 Å². The van der Waals surface area contributed by atoms with Crippen LogP contribution in [0.25, 0.3) is 0 Å². The summed E-state index contributed by atoms with van der Waals surface area (Å²) in [5, 5.41) is 3.13. The summed E-state index contributed by atoms with van der Waals surface area (Å²) in [6.07, 6.45) is 10.4. The molecule has 0 aromatic carbocycles. The van der Waals surface area contributed by atoms with Crippen LogP contribution < -0.4 is 11.1 Å². The molecular formula is C13H24N2O. The molecule has 3 nitrogen and oxygen atoms in total. The molecule has 2 unspecified atom stereocenters. The van der Waals surface area contributed by atoms with Gasteiger partial charge in [-0.25, -0.2) is 0 Å². The topological polar surface area (TPSA) is 55.1 Å². The number of hydrogen-bond donors (Lipinski definition) is 2. The van der Waals surface area contributed by atoms with Gasteiger partial charge in [0.15, 0.2) is 0 Å². The normalized spacial score (nSPS) is 31.6. The molecule has 16 heavy (non-hydrogen) atoms. The van der Waals surface area contributed by atoms with E-state index in [0.29, 0.717) is 5.92 Å². The average Bonchev–Trinajstić information content (AvgIpc) is 2.74. The molecule has 3 heteroatoms. The van der Waals surface area contributed by atoms with Crippen molar-refractivity contribution < 1.29 is 4.79 Å².